The van der Waals surface area contributed by atoms with Gasteiger partial charge in [0.15, 0.2) is 5.96 Å². The minimum Gasteiger partial charge on any atom is -0.357 e. The molecule has 0 atom stereocenters. The van der Waals surface area contributed by atoms with E-state index in [0.29, 0.717) is 6.04 Å². The van der Waals surface area contributed by atoms with E-state index in [1.54, 1.807) is 12.1 Å². The van der Waals surface area contributed by atoms with E-state index in [0.717, 1.165) is 64.6 Å². The lowest BCUT2D eigenvalue weighted by atomic mass is 10.0. The lowest BCUT2D eigenvalue weighted by Crippen LogP contribution is -2.48. The molecular weight excluding hydrogens is 480 g/mol. The Morgan fingerprint density at radius 2 is 1.86 bits per heavy atom. The van der Waals surface area contributed by atoms with Crippen LogP contribution in [0.1, 0.15) is 45.1 Å². The smallest absolute Gasteiger partial charge is 0.191 e. The summed E-state index contributed by atoms with van der Waals surface area (Å²) < 4.78 is 13.0. The van der Waals surface area contributed by atoms with Crippen molar-refractivity contribution in [2.45, 2.75) is 52.1 Å². The lowest BCUT2D eigenvalue weighted by molar-refractivity contribution is 0.198. The maximum Gasteiger partial charge on any atom is 0.191 e. The number of rotatable bonds is 10. The van der Waals surface area contributed by atoms with Crippen molar-refractivity contribution in [3.63, 3.8) is 0 Å². The zero-order valence-corrected chi connectivity index (χ0v) is 20.6. The van der Waals surface area contributed by atoms with Crippen LogP contribution in [0.25, 0.3) is 0 Å². The first-order valence-corrected chi connectivity index (χ1v) is 10.8. The number of hydrogen-bond acceptors (Lipinski definition) is 3. The Bertz CT molecular complexity index is 573. The topological polar surface area (TPSA) is 42.9 Å². The first-order valence-electron chi connectivity index (χ1n) is 10.8. The Morgan fingerprint density at radius 1 is 1.17 bits per heavy atom. The number of likely N-dealkylation sites (tertiary alicyclic amines) is 1. The summed E-state index contributed by atoms with van der Waals surface area (Å²) in [4.78, 5) is 9.55. The number of hydrogen-bond donors (Lipinski definition) is 2. The van der Waals surface area contributed by atoms with Gasteiger partial charge in [-0.2, -0.15) is 0 Å². The summed E-state index contributed by atoms with van der Waals surface area (Å²) in [6.07, 6.45) is 4.68. The van der Waals surface area contributed by atoms with E-state index in [9.17, 15) is 4.39 Å². The molecule has 0 spiro atoms. The summed E-state index contributed by atoms with van der Waals surface area (Å²) in [5, 5.41) is 6.98. The molecule has 2 rings (SSSR count). The summed E-state index contributed by atoms with van der Waals surface area (Å²) >= 11 is 0. The highest BCUT2D eigenvalue weighted by Gasteiger charge is 2.20. The number of benzene rings is 1. The molecule has 2 N–H and O–H groups in total. The molecule has 0 aromatic heterocycles. The molecule has 0 aliphatic carbocycles. The summed E-state index contributed by atoms with van der Waals surface area (Å²) in [7, 11) is 2.17. The predicted octanol–water partition coefficient (Wildman–Crippen LogP) is 3.70. The van der Waals surface area contributed by atoms with Crippen LogP contribution < -0.4 is 10.6 Å². The van der Waals surface area contributed by atoms with Gasteiger partial charge in [-0.15, -0.1) is 24.0 Å². The van der Waals surface area contributed by atoms with Crippen LogP contribution in [-0.4, -0.2) is 68.1 Å². The molecule has 1 aromatic rings. The maximum absolute atomic E-state index is 13.0. The number of nitrogens with one attached hydrogen (secondary N) is 2. The van der Waals surface area contributed by atoms with E-state index in [-0.39, 0.29) is 29.8 Å². The van der Waals surface area contributed by atoms with Gasteiger partial charge in [-0.1, -0.05) is 25.5 Å². The van der Waals surface area contributed by atoms with Crippen LogP contribution in [-0.2, 0) is 6.54 Å². The Hall–Kier alpha value is -0.930. The monoisotopic (exact) mass is 519 g/mol. The van der Waals surface area contributed by atoms with Gasteiger partial charge in [0.2, 0.25) is 0 Å². The molecule has 29 heavy (non-hydrogen) atoms. The minimum atomic E-state index is -0.168. The Morgan fingerprint density at radius 3 is 2.48 bits per heavy atom. The van der Waals surface area contributed by atoms with Gasteiger partial charge in [0, 0.05) is 38.8 Å². The maximum atomic E-state index is 13.0. The van der Waals surface area contributed by atoms with Crippen LogP contribution in [0.5, 0.6) is 0 Å². The largest absolute Gasteiger partial charge is 0.357 e. The third kappa shape index (κ3) is 10.6. The number of nitrogens with zero attached hydrogens (tertiary/aromatic N) is 3. The normalized spacial score (nSPS) is 16.0. The standard InChI is InChI=1S/C22H38FN5.HI/c1-4-6-14-27(3)17-13-25-22(24-5-2)26-21-11-15-28(16-12-21)18-19-7-9-20(23)10-8-19;/h7-10,21H,4-6,11-18H2,1-3H3,(H2,24,25,26);1H. The molecule has 1 aliphatic rings. The van der Waals surface area contributed by atoms with E-state index < -0.39 is 0 Å². The Balaban J connectivity index is 0.00000420. The molecule has 1 aromatic carbocycles. The van der Waals surface area contributed by atoms with Crippen molar-refractivity contribution in [2.75, 3.05) is 46.3 Å². The number of aliphatic imine (C=N–C) groups is 1. The van der Waals surface area contributed by atoms with Crippen molar-refractivity contribution < 1.29 is 4.39 Å². The van der Waals surface area contributed by atoms with Crippen molar-refractivity contribution >= 4 is 29.9 Å². The fraction of sp³-hybridized carbons (Fsp3) is 0.682. The third-order valence-electron chi connectivity index (χ3n) is 5.24. The number of likely N-dealkylation sites (N-methyl/N-ethyl adjacent to an activating group) is 1. The Labute approximate surface area is 193 Å². The number of piperidine rings is 1. The molecule has 1 aliphatic heterocycles. The second-order valence-electron chi connectivity index (χ2n) is 7.74. The molecule has 1 fully saturated rings. The quantitative estimate of drug-likeness (QED) is 0.281. The number of halogens is 2. The van der Waals surface area contributed by atoms with Crippen molar-refractivity contribution in [2.24, 2.45) is 4.99 Å². The van der Waals surface area contributed by atoms with Gasteiger partial charge in [0.25, 0.3) is 0 Å². The van der Waals surface area contributed by atoms with Gasteiger partial charge in [-0.25, -0.2) is 4.39 Å². The first-order chi connectivity index (χ1) is 13.6. The highest BCUT2D eigenvalue weighted by atomic mass is 127. The molecule has 0 unspecified atom stereocenters. The van der Waals surface area contributed by atoms with Crippen LogP contribution in [0.15, 0.2) is 29.3 Å². The second-order valence-corrected chi connectivity index (χ2v) is 7.74. The zero-order valence-electron chi connectivity index (χ0n) is 18.3. The van der Waals surface area contributed by atoms with Gasteiger partial charge in [-0.3, -0.25) is 9.89 Å². The highest BCUT2D eigenvalue weighted by Crippen LogP contribution is 2.14. The van der Waals surface area contributed by atoms with Crippen molar-refractivity contribution in [3.05, 3.63) is 35.6 Å². The van der Waals surface area contributed by atoms with Crippen LogP contribution in [0.2, 0.25) is 0 Å². The summed E-state index contributed by atoms with van der Waals surface area (Å²) in [6.45, 7) is 11.2. The molecule has 166 valence electrons. The van der Waals surface area contributed by atoms with Gasteiger partial charge >= 0.3 is 0 Å². The van der Waals surface area contributed by atoms with E-state index in [2.05, 4.69) is 41.3 Å². The minimum absolute atomic E-state index is 0. The summed E-state index contributed by atoms with van der Waals surface area (Å²) in [5.74, 6) is 0.766. The van der Waals surface area contributed by atoms with Crippen LogP contribution in [0, 0.1) is 5.82 Å². The van der Waals surface area contributed by atoms with Gasteiger partial charge in [-0.05, 0) is 57.5 Å². The SMILES string of the molecule is CCCCN(C)CCN=C(NCC)NC1CCN(Cc2ccc(F)cc2)CC1.I. The fourth-order valence-corrected chi connectivity index (χ4v) is 3.47. The van der Waals surface area contributed by atoms with E-state index >= 15 is 0 Å². The van der Waals surface area contributed by atoms with Crippen LogP contribution in [0.3, 0.4) is 0 Å². The van der Waals surface area contributed by atoms with E-state index in [1.807, 2.05) is 12.1 Å². The predicted molar refractivity (Wildman–Crippen MR) is 132 cm³/mol. The van der Waals surface area contributed by atoms with Crippen LogP contribution in [0.4, 0.5) is 4.39 Å². The van der Waals surface area contributed by atoms with E-state index in [4.69, 9.17) is 4.99 Å². The fourth-order valence-electron chi connectivity index (χ4n) is 3.47. The zero-order chi connectivity index (χ0) is 20.2. The third-order valence-corrected chi connectivity index (χ3v) is 5.24. The molecule has 5 nitrogen and oxygen atoms in total. The van der Waals surface area contributed by atoms with Gasteiger partial charge in [0.1, 0.15) is 5.82 Å². The first kappa shape index (κ1) is 26.1. The van der Waals surface area contributed by atoms with E-state index in [1.165, 1.54) is 18.4 Å². The molecule has 0 saturated carbocycles. The summed E-state index contributed by atoms with van der Waals surface area (Å²) in [5.41, 5.74) is 1.18. The van der Waals surface area contributed by atoms with Crippen LogP contribution >= 0.6 is 24.0 Å². The average Bonchev–Trinajstić information content (AvgIpc) is 2.69. The lowest BCUT2D eigenvalue weighted by Gasteiger charge is -2.33. The molecular formula is C22H39FIN5. The molecule has 1 heterocycles. The molecule has 1 saturated heterocycles. The van der Waals surface area contributed by atoms with Gasteiger partial charge < -0.3 is 15.5 Å². The van der Waals surface area contributed by atoms with Gasteiger partial charge in [0.05, 0.1) is 6.54 Å². The van der Waals surface area contributed by atoms with Crippen molar-refractivity contribution in [1.82, 2.24) is 20.4 Å². The van der Waals surface area contributed by atoms with Crippen molar-refractivity contribution in [1.29, 1.82) is 0 Å². The second kappa shape index (κ2) is 15.0. The van der Waals surface area contributed by atoms with Crippen molar-refractivity contribution in [3.8, 4) is 0 Å². The molecule has 7 heteroatoms. The Kier molecular flexibility index (Phi) is 13.5. The molecule has 0 amide bonds. The number of unbranched alkanes of at least 4 members (excludes halogenated alkanes) is 1. The molecule has 0 bridgehead atoms. The average molecular weight is 519 g/mol. The molecule has 0 radical (unpaired) electrons. The number of guanidine groups is 1. The highest BCUT2D eigenvalue weighted by molar-refractivity contribution is 14.0. The summed E-state index contributed by atoms with van der Waals surface area (Å²) in [6, 6.07) is 7.31.